The Morgan fingerprint density at radius 2 is 0.826 bits per heavy atom. The van der Waals surface area contributed by atoms with Crippen LogP contribution in [0.2, 0.25) is 0 Å². The van der Waals surface area contributed by atoms with Crippen LogP contribution in [0.4, 0.5) is 0 Å². The third-order valence-corrected chi connectivity index (χ3v) is 4.91. The minimum Gasteiger partial charge on any atom is -0.381 e. The van der Waals surface area contributed by atoms with Gasteiger partial charge in [-0.3, -0.25) is 0 Å². The predicted octanol–water partition coefficient (Wildman–Crippen LogP) is 7.58. The fourth-order valence-electron chi connectivity index (χ4n) is 2.99. The number of rotatable bonds is 20. The highest BCUT2D eigenvalue weighted by Crippen LogP contribution is 2.13. The van der Waals surface area contributed by atoms with Crippen molar-refractivity contribution in [2.24, 2.45) is 0 Å². The molecule has 0 aromatic carbocycles. The van der Waals surface area contributed by atoms with Crippen LogP contribution < -0.4 is 0 Å². The van der Waals surface area contributed by atoms with Crippen molar-refractivity contribution in [1.82, 2.24) is 0 Å². The molecule has 140 valence electrons. The quantitative estimate of drug-likeness (QED) is 0.177. The predicted molar refractivity (Wildman–Crippen MR) is 109 cm³/mol. The number of thiol groups is 1. The summed E-state index contributed by atoms with van der Waals surface area (Å²) in [6.07, 6.45) is 23.6. The molecule has 0 aromatic rings. The van der Waals surface area contributed by atoms with Crippen LogP contribution in [0.1, 0.15) is 116 Å². The SMILES string of the molecule is CCCCCOCCCCCCCCCCCCCCCCS. The molecule has 0 spiro atoms. The van der Waals surface area contributed by atoms with Gasteiger partial charge in [-0.15, -0.1) is 0 Å². The van der Waals surface area contributed by atoms with E-state index in [0.717, 1.165) is 19.0 Å². The zero-order valence-electron chi connectivity index (χ0n) is 16.0. The Balaban J connectivity index is 2.92. The number of hydrogen-bond acceptors (Lipinski definition) is 2. The van der Waals surface area contributed by atoms with Crippen LogP contribution in [-0.4, -0.2) is 19.0 Å². The van der Waals surface area contributed by atoms with E-state index in [1.165, 1.54) is 109 Å². The van der Waals surface area contributed by atoms with Gasteiger partial charge < -0.3 is 4.74 Å². The van der Waals surface area contributed by atoms with E-state index in [0.29, 0.717) is 0 Å². The smallest absolute Gasteiger partial charge is 0.0466 e. The van der Waals surface area contributed by atoms with Gasteiger partial charge in [0.1, 0.15) is 0 Å². The second-order valence-electron chi connectivity index (χ2n) is 6.99. The summed E-state index contributed by atoms with van der Waals surface area (Å²) in [5.41, 5.74) is 0. The molecule has 0 aliphatic rings. The Kier molecular flexibility index (Phi) is 22.6. The molecule has 2 heteroatoms. The molecule has 0 saturated heterocycles. The molecule has 0 heterocycles. The minimum atomic E-state index is 0.975. The van der Waals surface area contributed by atoms with Gasteiger partial charge in [0.25, 0.3) is 0 Å². The summed E-state index contributed by atoms with van der Waals surface area (Å²) in [6.45, 7) is 4.20. The Bertz CT molecular complexity index is 176. The lowest BCUT2D eigenvalue weighted by atomic mass is 10.0. The van der Waals surface area contributed by atoms with Crippen LogP contribution in [-0.2, 0) is 4.74 Å². The third kappa shape index (κ3) is 22.3. The molecule has 0 fully saturated rings. The maximum atomic E-state index is 5.65. The monoisotopic (exact) mass is 344 g/mol. The second kappa shape index (κ2) is 22.3. The van der Waals surface area contributed by atoms with E-state index in [-0.39, 0.29) is 0 Å². The van der Waals surface area contributed by atoms with Gasteiger partial charge in [-0.1, -0.05) is 96.8 Å². The molecular formula is C21H44OS. The molecule has 0 unspecified atom stereocenters. The van der Waals surface area contributed by atoms with Gasteiger partial charge in [0.2, 0.25) is 0 Å². The standard InChI is InChI=1S/C21H44OS/c1-2-3-16-19-22-20-17-14-12-10-8-6-4-5-7-9-11-13-15-18-21-23/h23H,2-21H2,1H3. The highest BCUT2D eigenvalue weighted by molar-refractivity contribution is 7.80. The first kappa shape index (κ1) is 23.3. The van der Waals surface area contributed by atoms with Gasteiger partial charge >= 0.3 is 0 Å². The summed E-state index contributed by atoms with van der Waals surface area (Å²) in [5, 5.41) is 0. The van der Waals surface area contributed by atoms with Crippen LogP contribution >= 0.6 is 12.6 Å². The lowest BCUT2D eigenvalue weighted by Crippen LogP contribution is -1.96. The van der Waals surface area contributed by atoms with Crippen molar-refractivity contribution in [1.29, 1.82) is 0 Å². The van der Waals surface area contributed by atoms with Crippen molar-refractivity contribution in [3.63, 3.8) is 0 Å². The Hall–Kier alpha value is 0.310. The first-order valence-corrected chi connectivity index (χ1v) is 11.2. The summed E-state index contributed by atoms with van der Waals surface area (Å²) in [5.74, 6) is 1.06. The molecular weight excluding hydrogens is 300 g/mol. The van der Waals surface area contributed by atoms with Crippen LogP contribution in [0.5, 0.6) is 0 Å². The molecule has 0 saturated carbocycles. The Morgan fingerprint density at radius 1 is 0.478 bits per heavy atom. The zero-order chi connectivity index (χ0) is 16.8. The number of unbranched alkanes of at least 4 members (excludes halogenated alkanes) is 15. The first-order valence-electron chi connectivity index (χ1n) is 10.6. The molecule has 0 N–H and O–H groups in total. The highest BCUT2D eigenvalue weighted by atomic mass is 32.1. The normalized spacial score (nSPS) is 11.2. The minimum absolute atomic E-state index is 0.975. The van der Waals surface area contributed by atoms with Crippen molar-refractivity contribution < 1.29 is 4.74 Å². The van der Waals surface area contributed by atoms with Crippen LogP contribution in [0.3, 0.4) is 0 Å². The molecule has 0 rings (SSSR count). The van der Waals surface area contributed by atoms with Crippen LogP contribution in [0.25, 0.3) is 0 Å². The maximum Gasteiger partial charge on any atom is 0.0466 e. The molecule has 0 atom stereocenters. The Morgan fingerprint density at radius 3 is 1.22 bits per heavy atom. The molecule has 0 aliphatic heterocycles. The van der Waals surface area contributed by atoms with Gasteiger partial charge in [-0.25, -0.2) is 0 Å². The van der Waals surface area contributed by atoms with Gasteiger partial charge in [0, 0.05) is 13.2 Å². The van der Waals surface area contributed by atoms with Crippen molar-refractivity contribution in [3.8, 4) is 0 Å². The largest absolute Gasteiger partial charge is 0.381 e. The lowest BCUT2D eigenvalue weighted by molar-refractivity contribution is 0.126. The van der Waals surface area contributed by atoms with Crippen molar-refractivity contribution in [3.05, 3.63) is 0 Å². The Labute approximate surface area is 152 Å². The number of ether oxygens (including phenoxy) is 1. The highest BCUT2D eigenvalue weighted by Gasteiger charge is 1.95. The summed E-state index contributed by atoms with van der Waals surface area (Å²) >= 11 is 4.25. The zero-order valence-corrected chi connectivity index (χ0v) is 16.9. The summed E-state index contributed by atoms with van der Waals surface area (Å²) in [4.78, 5) is 0. The molecule has 0 aliphatic carbocycles. The summed E-state index contributed by atoms with van der Waals surface area (Å²) in [7, 11) is 0. The van der Waals surface area contributed by atoms with Gasteiger partial charge in [-0.05, 0) is 25.0 Å². The molecule has 0 amide bonds. The van der Waals surface area contributed by atoms with Gasteiger partial charge in [-0.2, -0.15) is 12.6 Å². The van der Waals surface area contributed by atoms with E-state index in [9.17, 15) is 0 Å². The van der Waals surface area contributed by atoms with E-state index in [4.69, 9.17) is 4.74 Å². The van der Waals surface area contributed by atoms with Crippen LogP contribution in [0, 0.1) is 0 Å². The van der Waals surface area contributed by atoms with E-state index < -0.39 is 0 Å². The lowest BCUT2D eigenvalue weighted by Gasteiger charge is -2.04. The third-order valence-electron chi connectivity index (χ3n) is 4.59. The van der Waals surface area contributed by atoms with Crippen LogP contribution in [0.15, 0.2) is 0 Å². The number of hydrogen-bond donors (Lipinski definition) is 1. The average molecular weight is 345 g/mol. The van der Waals surface area contributed by atoms with Gasteiger partial charge in [0.15, 0.2) is 0 Å². The topological polar surface area (TPSA) is 9.23 Å². The molecule has 0 bridgehead atoms. The van der Waals surface area contributed by atoms with E-state index >= 15 is 0 Å². The van der Waals surface area contributed by atoms with E-state index in [1.54, 1.807) is 0 Å². The summed E-state index contributed by atoms with van der Waals surface area (Å²) in [6, 6.07) is 0. The molecule has 0 radical (unpaired) electrons. The fourth-order valence-corrected chi connectivity index (χ4v) is 3.22. The molecule has 1 nitrogen and oxygen atoms in total. The van der Waals surface area contributed by atoms with E-state index in [1.807, 2.05) is 0 Å². The van der Waals surface area contributed by atoms with Gasteiger partial charge in [0.05, 0.1) is 0 Å². The van der Waals surface area contributed by atoms with E-state index in [2.05, 4.69) is 19.6 Å². The molecule has 0 aromatic heterocycles. The second-order valence-corrected chi connectivity index (χ2v) is 7.44. The molecule has 23 heavy (non-hydrogen) atoms. The van der Waals surface area contributed by atoms with Crippen molar-refractivity contribution in [2.45, 2.75) is 116 Å². The van der Waals surface area contributed by atoms with Crippen molar-refractivity contribution in [2.75, 3.05) is 19.0 Å². The maximum absolute atomic E-state index is 5.65. The fraction of sp³-hybridized carbons (Fsp3) is 1.00. The first-order chi connectivity index (χ1) is 11.4. The average Bonchev–Trinajstić information content (AvgIpc) is 2.57. The summed E-state index contributed by atoms with van der Waals surface area (Å²) < 4.78 is 5.65. The van der Waals surface area contributed by atoms with Crippen molar-refractivity contribution >= 4 is 12.6 Å².